The predicted molar refractivity (Wildman–Crippen MR) is 132 cm³/mol. The number of carbonyl (C=O) groups excluding carboxylic acids is 3. The van der Waals surface area contributed by atoms with E-state index in [9.17, 15) is 24.5 Å². The number of imide groups is 1. The second-order valence-corrected chi connectivity index (χ2v) is 9.15. The van der Waals surface area contributed by atoms with Crippen molar-refractivity contribution in [1.82, 2.24) is 4.90 Å². The second-order valence-electron chi connectivity index (χ2n) is 7.00. The van der Waals surface area contributed by atoms with Crippen LogP contribution in [-0.2, 0) is 20.9 Å². The van der Waals surface area contributed by atoms with Crippen LogP contribution < -0.4 is 9.47 Å². The minimum atomic E-state index is -1.03. The molecule has 1 atom stereocenters. The van der Waals surface area contributed by atoms with Gasteiger partial charge >= 0.3 is 5.97 Å². The lowest BCUT2D eigenvalue weighted by molar-refractivity contribution is -0.384. The molecule has 34 heavy (non-hydrogen) atoms. The molecule has 2 amide bonds. The van der Waals surface area contributed by atoms with Gasteiger partial charge in [-0.05, 0) is 82.7 Å². The molecule has 1 fully saturated rings. The summed E-state index contributed by atoms with van der Waals surface area (Å²) in [6.45, 7) is 1.59. The Kier molecular flexibility index (Phi) is 8.15. The average molecular weight is 598 g/mol. The van der Waals surface area contributed by atoms with E-state index in [4.69, 9.17) is 9.47 Å². The molecular formula is C22H19IN2O8S. The summed E-state index contributed by atoms with van der Waals surface area (Å²) in [5.41, 5.74) is 1.33. The summed E-state index contributed by atoms with van der Waals surface area (Å²) in [4.78, 5) is 48.2. The third-order valence-electron chi connectivity index (χ3n) is 4.83. The normalized spacial score (nSPS) is 15.4. The first-order valence-corrected chi connectivity index (χ1v) is 11.6. The Morgan fingerprint density at radius 3 is 2.50 bits per heavy atom. The molecule has 0 aromatic heterocycles. The highest BCUT2D eigenvalue weighted by Crippen LogP contribution is 2.38. The topological polar surface area (TPSA) is 125 Å². The van der Waals surface area contributed by atoms with Crippen LogP contribution in [0.3, 0.4) is 0 Å². The number of halogens is 1. The summed E-state index contributed by atoms with van der Waals surface area (Å²) < 4.78 is 16.6. The van der Waals surface area contributed by atoms with E-state index in [1.165, 1.54) is 33.3 Å². The molecule has 3 rings (SSSR count). The van der Waals surface area contributed by atoms with Crippen molar-refractivity contribution >= 4 is 63.2 Å². The first-order valence-electron chi connectivity index (χ1n) is 9.74. The van der Waals surface area contributed by atoms with Crippen LogP contribution in [0.4, 0.5) is 10.5 Å². The van der Waals surface area contributed by atoms with Gasteiger partial charge in [-0.25, -0.2) is 4.79 Å². The maximum atomic E-state index is 12.7. The average Bonchev–Trinajstić information content (AvgIpc) is 3.09. The zero-order valence-corrected chi connectivity index (χ0v) is 21.2. The van der Waals surface area contributed by atoms with Crippen LogP contribution in [0, 0.1) is 13.7 Å². The summed E-state index contributed by atoms with van der Waals surface area (Å²) >= 11 is 2.80. The lowest BCUT2D eigenvalue weighted by Crippen LogP contribution is -2.42. The molecule has 178 valence electrons. The molecule has 2 aromatic rings. The quantitative estimate of drug-likeness (QED) is 0.143. The van der Waals surface area contributed by atoms with E-state index in [1.807, 2.05) is 0 Å². The Labute approximate surface area is 212 Å². The smallest absolute Gasteiger partial charge is 0.328 e. The number of hydrogen-bond acceptors (Lipinski definition) is 9. The fraction of sp³-hybridized carbons (Fsp3) is 0.227. The summed E-state index contributed by atoms with van der Waals surface area (Å²) in [7, 11) is 2.66. The number of esters is 1. The monoisotopic (exact) mass is 598 g/mol. The van der Waals surface area contributed by atoms with Crippen molar-refractivity contribution in [2.75, 3.05) is 14.2 Å². The minimum Gasteiger partial charge on any atom is -0.493 e. The number of rotatable bonds is 8. The largest absolute Gasteiger partial charge is 0.493 e. The van der Waals surface area contributed by atoms with Gasteiger partial charge in [0.15, 0.2) is 11.5 Å². The van der Waals surface area contributed by atoms with Crippen molar-refractivity contribution in [3.8, 4) is 11.5 Å². The molecule has 1 saturated heterocycles. The number of non-ortho nitro benzene ring substituents is 1. The standard InChI is InChI=1S/C22H19IN2O8S/c1-12(21(27)32-3)24-20(26)18(34-22(24)28)10-14-8-16(23)19(17(9-14)31-2)33-11-13-4-6-15(7-5-13)25(29)30/h4-10,12H,11H2,1-3H3/b18-10+/t12-/m1/s1. The van der Waals surface area contributed by atoms with Crippen molar-refractivity contribution in [3.63, 3.8) is 0 Å². The lowest BCUT2D eigenvalue weighted by atomic mass is 10.1. The zero-order chi connectivity index (χ0) is 25.0. The van der Waals surface area contributed by atoms with Gasteiger partial charge in [-0.1, -0.05) is 0 Å². The van der Waals surface area contributed by atoms with Crippen LogP contribution in [0.25, 0.3) is 6.08 Å². The molecule has 1 aliphatic heterocycles. The SMILES string of the molecule is COC(=O)[C@@H](C)N1C(=O)S/C(=C/c2cc(I)c(OCc3ccc([N+](=O)[O-])cc3)c(OC)c2)C1=O. The number of carbonyl (C=O) groups is 3. The molecule has 12 heteroatoms. The summed E-state index contributed by atoms with van der Waals surface area (Å²) in [6, 6.07) is 8.40. The van der Waals surface area contributed by atoms with Gasteiger partial charge in [0, 0.05) is 12.1 Å². The maximum Gasteiger partial charge on any atom is 0.328 e. The van der Waals surface area contributed by atoms with Crippen LogP contribution in [0.2, 0.25) is 0 Å². The molecule has 1 aliphatic rings. The van der Waals surface area contributed by atoms with E-state index in [0.717, 1.165) is 22.2 Å². The number of thioether (sulfide) groups is 1. The van der Waals surface area contributed by atoms with E-state index >= 15 is 0 Å². The fourth-order valence-electron chi connectivity index (χ4n) is 3.07. The van der Waals surface area contributed by atoms with Crippen LogP contribution in [-0.4, -0.2) is 47.2 Å². The van der Waals surface area contributed by atoms with Crippen LogP contribution >= 0.6 is 34.4 Å². The van der Waals surface area contributed by atoms with Gasteiger partial charge in [-0.2, -0.15) is 0 Å². The molecular weight excluding hydrogens is 579 g/mol. The molecule has 0 radical (unpaired) electrons. The highest BCUT2D eigenvalue weighted by atomic mass is 127. The molecule has 0 spiro atoms. The Morgan fingerprint density at radius 2 is 1.91 bits per heavy atom. The molecule has 1 heterocycles. The Hall–Kier alpha value is -3.13. The van der Waals surface area contributed by atoms with Crippen molar-refractivity contribution in [2.45, 2.75) is 19.6 Å². The van der Waals surface area contributed by atoms with Crippen molar-refractivity contribution in [1.29, 1.82) is 0 Å². The number of methoxy groups -OCH3 is 2. The zero-order valence-electron chi connectivity index (χ0n) is 18.3. The van der Waals surface area contributed by atoms with Crippen molar-refractivity contribution in [2.24, 2.45) is 0 Å². The van der Waals surface area contributed by atoms with Gasteiger partial charge < -0.3 is 14.2 Å². The number of benzene rings is 2. The van der Waals surface area contributed by atoms with E-state index in [2.05, 4.69) is 27.3 Å². The first kappa shape index (κ1) is 25.5. The molecule has 0 N–H and O–H groups in total. The third-order valence-corrected chi connectivity index (χ3v) is 6.52. The Balaban J connectivity index is 1.81. The maximum absolute atomic E-state index is 12.7. The third kappa shape index (κ3) is 5.50. The molecule has 2 aromatic carbocycles. The van der Waals surface area contributed by atoms with E-state index in [-0.39, 0.29) is 17.2 Å². The minimum absolute atomic E-state index is 0.00865. The number of ether oxygens (including phenoxy) is 3. The van der Waals surface area contributed by atoms with Gasteiger partial charge in [0.05, 0.1) is 27.6 Å². The van der Waals surface area contributed by atoms with Gasteiger partial charge in [-0.3, -0.25) is 24.6 Å². The summed E-state index contributed by atoms with van der Waals surface area (Å²) in [6.07, 6.45) is 1.54. The molecule has 0 saturated carbocycles. The summed E-state index contributed by atoms with van der Waals surface area (Å²) in [5, 5.41) is 10.2. The summed E-state index contributed by atoms with van der Waals surface area (Å²) in [5.74, 6) is -0.400. The molecule has 10 nitrogen and oxygen atoms in total. The number of nitro groups is 1. The van der Waals surface area contributed by atoms with E-state index in [0.29, 0.717) is 20.6 Å². The van der Waals surface area contributed by atoms with Crippen molar-refractivity contribution in [3.05, 3.63) is 66.1 Å². The van der Waals surface area contributed by atoms with Crippen LogP contribution in [0.1, 0.15) is 18.1 Å². The van der Waals surface area contributed by atoms with Crippen molar-refractivity contribution < 1.29 is 33.5 Å². The Bertz CT molecular complexity index is 1180. The molecule has 0 bridgehead atoms. The highest BCUT2D eigenvalue weighted by molar-refractivity contribution is 14.1. The van der Waals surface area contributed by atoms with Crippen LogP contribution in [0.5, 0.6) is 11.5 Å². The first-order chi connectivity index (χ1) is 16.2. The number of nitro benzene ring substituents is 1. The van der Waals surface area contributed by atoms with E-state index in [1.54, 1.807) is 30.3 Å². The Morgan fingerprint density at radius 1 is 1.24 bits per heavy atom. The van der Waals surface area contributed by atoms with Gasteiger partial charge in [-0.15, -0.1) is 0 Å². The number of hydrogen-bond donors (Lipinski definition) is 0. The number of nitrogens with zero attached hydrogens (tertiary/aromatic N) is 2. The number of amides is 2. The van der Waals surface area contributed by atoms with Gasteiger partial charge in [0.25, 0.3) is 16.8 Å². The van der Waals surface area contributed by atoms with E-state index < -0.39 is 28.1 Å². The molecule has 0 aliphatic carbocycles. The lowest BCUT2D eigenvalue weighted by Gasteiger charge is -2.18. The highest BCUT2D eigenvalue weighted by Gasteiger charge is 2.41. The van der Waals surface area contributed by atoms with Crippen LogP contribution in [0.15, 0.2) is 41.3 Å². The second kappa shape index (κ2) is 10.9. The van der Waals surface area contributed by atoms with Gasteiger partial charge in [0.2, 0.25) is 0 Å². The van der Waals surface area contributed by atoms with Gasteiger partial charge in [0.1, 0.15) is 12.6 Å². The molecule has 0 unspecified atom stereocenters. The fourth-order valence-corrected chi connectivity index (χ4v) is 4.76. The predicted octanol–water partition coefficient (Wildman–Crippen LogP) is 4.38.